The van der Waals surface area contributed by atoms with Crippen LogP contribution in [-0.4, -0.2) is 45.7 Å². The standard InChI is InChI=1S/C27H24ClF6N5O/c1-14-13-38(24-21(28)9-17(12-35-24)15(2)40)7-8-39(14)25-36-22-11-19(27(32,33)34)10-20(23(22)37-25)16-3-5-18(6-4-16)26(29,30)31/h3-6,9-12,14-15,40H,7-8,13H2,1-2H3,(H,36,37)/t14-,15+/m1/s1. The predicted molar refractivity (Wildman–Crippen MR) is 140 cm³/mol. The fourth-order valence-electron chi connectivity index (χ4n) is 4.83. The number of halogens is 7. The molecule has 5 rings (SSSR count). The minimum absolute atomic E-state index is 0.0709. The molecule has 0 spiro atoms. The maximum absolute atomic E-state index is 13.7. The first-order chi connectivity index (χ1) is 18.7. The summed E-state index contributed by atoms with van der Waals surface area (Å²) < 4.78 is 80.4. The molecule has 1 saturated heterocycles. The molecule has 13 heteroatoms. The third kappa shape index (κ3) is 5.42. The number of nitrogens with one attached hydrogen (secondary N) is 1. The zero-order valence-electron chi connectivity index (χ0n) is 21.3. The second-order valence-corrected chi connectivity index (χ2v) is 10.2. The Labute approximate surface area is 230 Å². The normalized spacial score (nSPS) is 17.5. The first-order valence-corrected chi connectivity index (χ1v) is 12.7. The van der Waals surface area contributed by atoms with Crippen LogP contribution < -0.4 is 9.80 Å². The van der Waals surface area contributed by atoms with Crippen molar-refractivity contribution in [2.24, 2.45) is 0 Å². The summed E-state index contributed by atoms with van der Waals surface area (Å²) in [6.07, 6.45) is -8.40. The van der Waals surface area contributed by atoms with Gasteiger partial charge in [-0.2, -0.15) is 26.3 Å². The Morgan fingerprint density at radius 1 is 1.00 bits per heavy atom. The molecular weight excluding hydrogens is 560 g/mol. The van der Waals surface area contributed by atoms with Crippen LogP contribution in [0.5, 0.6) is 0 Å². The van der Waals surface area contributed by atoms with Crippen LogP contribution in [0.3, 0.4) is 0 Å². The maximum Gasteiger partial charge on any atom is 0.416 e. The summed E-state index contributed by atoms with van der Waals surface area (Å²) >= 11 is 6.42. The second-order valence-electron chi connectivity index (χ2n) is 9.79. The van der Waals surface area contributed by atoms with Gasteiger partial charge in [-0.1, -0.05) is 23.7 Å². The summed E-state index contributed by atoms with van der Waals surface area (Å²) in [5.41, 5.74) is -0.662. The molecule has 3 heterocycles. The lowest BCUT2D eigenvalue weighted by molar-refractivity contribution is -0.138. The molecule has 1 aliphatic heterocycles. The minimum Gasteiger partial charge on any atom is -0.389 e. The highest BCUT2D eigenvalue weighted by Crippen LogP contribution is 2.39. The number of hydrogen-bond donors (Lipinski definition) is 2. The first-order valence-electron chi connectivity index (χ1n) is 12.4. The minimum atomic E-state index is -4.67. The largest absolute Gasteiger partial charge is 0.416 e. The molecule has 1 aliphatic rings. The number of benzene rings is 2. The number of alkyl halides is 6. The van der Waals surface area contributed by atoms with Gasteiger partial charge in [0, 0.05) is 43.0 Å². The molecule has 0 aliphatic carbocycles. The maximum atomic E-state index is 13.7. The lowest BCUT2D eigenvalue weighted by Crippen LogP contribution is -2.52. The number of nitrogens with zero attached hydrogens (tertiary/aromatic N) is 4. The van der Waals surface area contributed by atoms with Gasteiger partial charge in [-0.15, -0.1) is 0 Å². The van der Waals surface area contributed by atoms with Gasteiger partial charge in [0.15, 0.2) is 0 Å². The summed E-state index contributed by atoms with van der Waals surface area (Å²) in [5, 5.41) is 10.2. The lowest BCUT2D eigenvalue weighted by Gasteiger charge is -2.40. The zero-order chi connectivity index (χ0) is 29.0. The van der Waals surface area contributed by atoms with Crippen molar-refractivity contribution in [1.29, 1.82) is 0 Å². The van der Waals surface area contributed by atoms with Crippen molar-refractivity contribution in [2.45, 2.75) is 38.3 Å². The van der Waals surface area contributed by atoms with Crippen LogP contribution in [0.25, 0.3) is 22.2 Å². The molecule has 2 N–H and O–H groups in total. The van der Waals surface area contributed by atoms with Gasteiger partial charge in [-0.25, -0.2) is 9.97 Å². The summed E-state index contributed by atoms with van der Waals surface area (Å²) in [7, 11) is 0. The van der Waals surface area contributed by atoms with Gasteiger partial charge in [0.05, 0.1) is 33.3 Å². The van der Waals surface area contributed by atoms with Crippen LogP contribution in [0.1, 0.15) is 36.6 Å². The lowest BCUT2D eigenvalue weighted by atomic mass is 9.99. The molecule has 1 fully saturated rings. The highest BCUT2D eigenvalue weighted by atomic mass is 35.5. The molecule has 2 atom stereocenters. The van der Waals surface area contributed by atoms with Gasteiger partial charge in [-0.3, -0.25) is 0 Å². The number of piperazine rings is 1. The van der Waals surface area contributed by atoms with E-state index in [9.17, 15) is 31.4 Å². The van der Waals surface area contributed by atoms with Crippen LogP contribution >= 0.6 is 11.6 Å². The van der Waals surface area contributed by atoms with E-state index in [1.807, 2.05) is 16.7 Å². The van der Waals surface area contributed by atoms with E-state index in [0.717, 1.165) is 36.4 Å². The van der Waals surface area contributed by atoms with E-state index in [4.69, 9.17) is 11.6 Å². The molecular formula is C27H24ClF6N5O. The molecule has 0 radical (unpaired) electrons. The van der Waals surface area contributed by atoms with Crippen molar-refractivity contribution >= 4 is 34.4 Å². The Hall–Kier alpha value is -3.51. The zero-order valence-corrected chi connectivity index (χ0v) is 22.0. The quantitative estimate of drug-likeness (QED) is 0.251. The third-order valence-corrected chi connectivity index (χ3v) is 7.23. The SMILES string of the molecule is C[C@H](O)c1cnc(N2CCN(c3nc4c(-c5ccc(C(F)(F)F)cc5)cc(C(F)(F)F)cc4[nH]3)[C@H](C)C2)c(Cl)c1. The smallest absolute Gasteiger partial charge is 0.389 e. The Kier molecular flexibility index (Phi) is 7.11. The fraction of sp³-hybridized carbons (Fsp3) is 0.333. The summed E-state index contributed by atoms with van der Waals surface area (Å²) in [4.78, 5) is 15.9. The van der Waals surface area contributed by atoms with E-state index in [0.29, 0.717) is 42.0 Å². The van der Waals surface area contributed by atoms with Gasteiger partial charge in [-0.05, 0) is 49.7 Å². The number of pyridine rings is 1. The van der Waals surface area contributed by atoms with Crippen molar-refractivity contribution in [3.8, 4) is 11.1 Å². The summed E-state index contributed by atoms with van der Waals surface area (Å²) in [6, 6.07) is 7.33. The fourth-order valence-corrected chi connectivity index (χ4v) is 5.13. The van der Waals surface area contributed by atoms with E-state index in [1.165, 1.54) is 0 Å². The first kappa shape index (κ1) is 28.0. The molecule has 0 amide bonds. The van der Waals surface area contributed by atoms with E-state index >= 15 is 0 Å². The van der Waals surface area contributed by atoms with Crippen LogP contribution in [0.15, 0.2) is 48.7 Å². The predicted octanol–water partition coefficient (Wildman–Crippen LogP) is 7.08. The van der Waals surface area contributed by atoms with Crippen molar-refractivity contribution in [3.05, 3.63) is 70.4 Å². The molecule has 0 saturated carbocycles. The Morgan fingerprint density at radius 2 is 1.68 bits per heavy atom. The van der Waals surface area contributed by atoms with Gasteiger partial charge in [0.1, 0.15) is 5.82 Å². The van der Waals surface area contributed by atoms with Gasteiger partial charge >= 0.3 is 12.4 Å². The van der Waals surface area contributed by atoms with Crippen LogP contribution in [0.4, 0.5) is 38.1 Å². The van der Waals surface area contributed by atoms with Crippen molar-refractivity contribution in [1.82, 2.24) is 15.0 Å². The molecule has 4 aromatic rings. The molecule has 40 heavy (non-hydrogen) atoms. The number of hydrogen-bond acceptors (Lipinski definition) is 5. The van der Waals surface area contributed by atoms with Crippen LogP contribution in [0, 0.1) is 0 Å². The number of aromatic nitrogens is 3. The molecule has 0 bridgehead atoms. The number of H-pyrrole nitrogens is 1. The number of aliphatic hydroxyl groups is 1. The molecule has 6 nitrogen and oxygen atoms in total. The van der Waals surface area contributed by atoms with E-state index in [-0.39, 0.29) is 28.2 Å². The Bertz CT molecular complexity index is 1530. The summed E-state index contributed by atoms with van der Waals surface area (Å²) in [5.74, 6) is 0.903. The van der Waals surface area contributed by atoms with Gasteiger partial charge in [0.2, 0.25) is 5.95 Å². The average Bonchev–Trinajstić information content (AvgIpc) is 3.31. The third-order valence-electron chi connectivity index (χ3n) is 6.95. The van der Waals surface area contributed by atoms with E-state index in [2.05, 4.69) is 15.0 Å². The van der Waals surface area contributed by atoms with Crippen molar-refractivity contribution in [3.63, 3.8) is 0 Å². The molecule has 2 aromatic carbocycles. The molecule has 2 aromatic heterocycles. The number of imidazole rings is 1. The Balaban J connectivity index is 1.48. The van der Waals surface area contributed by atoms with Crippen LogP contribution in [0.2, 0.25) is 5.02 Å². The number of aromatic amines is 1. The highest BCUT2D eigenvalue weighted by Gasteiger charge is 2.34. The molecule has 212 valence electrons. The van der Waals surface area contributed by atoms with Gasteiger partial charge in [0.25, 0.3) is 0 Å². The number of aliphatic hydroxyl groups excluding tert-OH is 1. The second kappa shape index (κ2) is 10.2. The van der Waals surface area contributed by atoms with E-state index < -0.39 is 29.6 Å². The topological polar surface area (TPSA) is 68.3 Å². The van der Waals surface area contributed by atoms with Crippen LogP contribution in [-0.2, 0) is 12.4 Å². The Morgan fingerprint density at radius 3 is 2.25 bits per heavy atom. The average molecular weight is 584 g/mol. The highest BCUT2D eigenvalue weighted by molar-refractivity contribution is 6.33. The van der Waals surface area contributed by atoms with Crippen molar-refractivity contribution in [2.75, 3.05) is 29.4 Å². The monoisotopic (exact) mass is 583 g/mol. The summed E-state index contributed by atoms with van der Waals surface area (Å²) in [6.45, 7) is 4.95. The number of rotatable bonds is 4. The number of fused-ring (bicyclic) bond motifs is 1. The van der Waals surface area contributed by atoms with E-state index in [1.54, 1.807) is 19.2 Å². The van der Waals surface area contributed by atoms with Crippen molar-refractivity contribution < 1.29 is 31.4 Å². The van der Waals surface area contributed by atoms with Gasteiger partial charge < -0.3 is 19.9 Å². The number of anilines is 2. The molecule has 0 unspecified atom stereocenters.